The number of aryl methyl sites for hydroxylation is 1. The molecule has 1 aromatic carbocycles. The van der Waals surface area contributed by atoms with Crippen molar-refractivity contribution in [2.75, 3.05) is 27.2 Å². The number of ether oxygens (including phenoxy) is 1. The lowest BCUT2D eigenvalue weighted by Crippen LogP contribution is -2.24. The van der Waals surface area contributed by atoms with Crippen LogP contribution in [0.4, 0.5) is 0 Å². The van der Waals surface area contributed by atoms with Crippen molar-refractivity contribution in [2.24, 2.45) is 0 Å². The van der Waals surface area contributed by atoms with Crippen LogP contribution >= 0.6 is 0 Å². The van der Waals surface area contributed by atoms with Crippen LogP contribution in [0.3, 0.4) is 0 Å². The topological polar surface area (TPSA) is 66.5 Å². The Morgan fingerprint density at radius 3 is 2.27 bits per heavy atom. The highest BCUT2D eigenvalue weighted by molar-refractivity contribution is 5.86. The number of piperidine rings is 1. The molecule has 0 radical (unpaired) electrons. The molecule has 0 bridgehead atoms. The molecule has 0 spiro atoms. The van der Waals surface area contributed by atoms with Gasteiger partial charge in [-0.15, -0.1) is 0 Å². The molecule has 1 saturated heterocycles. The zero-order chi connectivity index (χ0) is 23.2. The van der Waals surface area contributed by atoms with E-state index in [2.05, 4.69) is 34.1 Å². The van der Waals surface area contributed by atoms with Gasteiger partial charge in [0.2, 0.25) is 0 Å². The van der Waals surface area contributed by atoms with Crippen LogP contribution in [0, 0.1) is 18.3 Å². The fourth-order valence-electron chi connectivity index (χ4n) is 4.12. The highest BCUT2D eigenvalue weighted by Crippen LogP contribution is 2.37. The van der Waals surface area contributed by atoms with E-state index in [0.717, 1.165) is 39.3 Å². The van der Waals surface area contributed by atoms with E-state index in [4.69, 9.17) is 10.00 Å². The highest BCUT2D eigenvalue weighted by Gasteiger charge is 2.16. The number of nitriles is 1. The van der Waals surface area contributed by atoms with E-state index < -0.39 is 0 Å². The maximum absolute atomic E-state index is 9.06. The Bertz CT molecular complexity index is 1250. The zero-order valence-electron chi connectivity index (χ0n) is 19.5. The predicted molar refractivity (Wildman–Crippen MR) is 131 cm³/mol. The van der Waals surface area contributed by atoms with Crippen molar-refractivity contribution >= 4 is 5.52 Å². The SMILES string of the molecule is CN1CCCCC1.COc1cc(-c2ccc(C#N)cc2)c(-c2ccc(C)nc2)n2cncc12. The molecule has 6 nitrogen and oxygen atoms in total. The summed E-state index contributed by atoms with van der Waals surface area (Å²) in [5.74, 6) is 0.741. The lowest BCUT2D eigenvalue weighted by molar-refractivity contribution is 0.277. The number of nitrogens with zero attached hydrogens (tertiary/aromatic N) is 5. The van der Waals surface area contributed by atoms with Crippen LogP contribution < -0.4 is 4.74 Å². The Kier molecular flexibility index (Phi) is 7.01. The Labute approximate surface area is 195 Å². The molecule has 33 heavy (non-hydrogen) atoms. The molecule has 3 aromatic heterocycles. The predicted octanol–water partition coefficient (Wildman–Crippen LogP) is 5.35. The van der Waals surface area contributed by atoms with Crippen molar-refractivity contribution in [2.45, 2.75) is 26.2 Å². The second-order valence-corrected chi connectivity index (χ2v) is 8.37. The average Bonchev–Trinajstić information content (AvgIpc) is 3.35. The molecular formula is C27H29N5O. The lowest BCUT2D eigenvalue weighted by atomic mass is 9.98. The summed E-state index contributed by atoms with van der Waals surface area (Å²) < 4.78 is 7.59. The number of hydrogen-bond acceptors (Lipinski definition) is 5. The van der Waals surface area contributed by atoms with Gasteiger partial charge in [0.1, 0.15) is 11.3 Å². The second kappa shape index (κ2) is 10.3. The van der Waals surface area contributed by atoms with Gasteiger partial charge in [0, 0.05) is 23.0 Å². The third-order valence-electron chi connectivity index (χ3n) is 5.97. The van der Waals surface area contributed by atoms with Crippen molar-refractivity contribution in [1.82, 2.24) is 19.3 Å². The molecule has 4 aromatic rings. The molecule has 168 valence electrons. The minimum absolute atomic E-state index is 0.628. The van der Waals surface area contributed by atoms with Gasteiger partial charge < -0.3 is 9.64 Å². The Hall–Kier alpha value is -3.69. The summed E-state index contributed by atoms with van der Waals surface area (Å²) in [6, 6.07) is 15.7. The number of likely N-dealkylation sites (tertiary alicyclic amines) is 1. The summed E-state index contributed by atoms with van der Waals surface area (Å²) in [6.45, 7) is 4.60. The van der Waals surface area contributed by atoms with Crippen molar-refractivity contribution in [3.63, 3.8) is 0 Å². The first-order chi connectivity index (χ1) is 16.1. The van der Waals surface area contributed by atoms with Gasteiger partial charge in [-0.2, -0.15) is 5.26 Å². The highest BCUT2D eigenvalue weighted by atomic mass is 16.5. The van der Waals surface area contributed by atoms with Gasteiger partial charge in [0.05, 0.1) is 37.0 Å². The summed E-state index contributed by atoms with van der Waals surface area (Å²) in [6.07, 6.45) is 9.70. The van der Waals surface area contributed by atoms with Crippen LogP contribution in [-0.2, 0) is 0 Å². The molecule has 0 unspecified atom stereocenters. The summed E-state index contributed by atoms with van der Waals surface area (Å²) in [5.41, 5.74) is 6.43. The van der Waals surface area contributed by atoms with Gasteiger partial charge in [-0.1, -0.05) is 18.6 Å². The van der Waals surface area contributed by atoms with Gasteiger partial charge in [0.25, 0.3) is 0 Å². The molecular weight excluding hydrogens is 410 g/mol. The third kappa shape index (κ3) is 5.05. The number of benzene rings is 1. The molecule has 6 heteroatoms. The summed E-state index contributed by atoms with van der Waals surface area (Å²) in [4.78, 5) is 11.1. The molecule has 1 aliphatic rings. The third-order valence-corrected chi connectivity index (χ3v) is 5.97. The van der Waals surface area contributed by atoms with Gasteiger partial charge in [0.15, 0.2) is 0 Å². The molecule has 0 amide bonds. The number of rotatable bonds is 3. The zero-order valence-corrected chi connectivity index (χ0v) is 19.5. The average molecular weight is 440 g/mol. The summed E-state index contributed by atoms with van der Waals surface area (Å²) in [5, 5.41) is 9.06. The molecule has 0 N–H and O–H groups in total. The van der Waals surface area contributed by atoms with Crippen LogP contribution in [-0.4, -0.2) is 46.5 Å². The number of aromatic nitrogens is 3. The van der Waals surface area contributed by atoms with Crippen LogP contribution in [0.15, 0.2) is 61.2 Å². The number of hydrogen-bond donors (Lipinski definition) is 0. The number of fused-ring (bicyclic) bond motifs is 1. The van der Waals surface area contributed by atoms with E-state index >= 15 is 0 Å². The molecule has 1 fully saturated rings. The van der Waals surface area contributed by atoms with Crippen molar-refractivity contribution < 1.29 is 4.74 Å². The standard InChI is InChI=1S/C21H16N4O.C6H13N/c1-14-3-6-17(11-24-14)21-18(16-7-4-15(10-22)5-8-16)9-20(26-2)19-12-23-13-25(19)21;1-7-5-3-2-4-6-7/h3-9,11-13H,1-2H3;2-6H2,1H3. The Morgan fingerprint density at radius 2 is 1.70 bits per heavy atom. The largest absolute Gasteiger partial charge is 0.494 e. The Morgan fingerprint density at radius 1 is 0.970 bits per heavy atom. The molecule has 0 saturated carbocycles. The number of pyridine rings is 2. The summed E-state index contributed by atoms with van der Waals surface area (Å²) >= 11 is 0. The van der Waals surface area contributed by atoms with E-state index in [9.17, 15) is 0 Å². The van der Waals surface area contributed by atoms with Gasteiger partial charge in [-0.3, -0.25) is 9.38 Å². The van der Waals surface area contributed by atoms with Crippen molar-refractivity contribution in [1.29, 1.82) is 5.26 Å². The minimum Gasteiger partial charge on any atom is -0.494 e. The monoisotopic (exact) mass is 439 g/mol. The first kappa shape index (κ1) is 22.5. The fourth-order valence-corrected chi connectivity index (χ4v) is 4.12. The van der Waals surface area contributed by atoms with E-state index in [0.29, 0.717) is 5.56 Å². The second-order valence-electron chi connectivity index (χ2n) is 8.37. The smallest absolute Gasteiger partial charge is 0.145 e. The quantitative estimate of drug-likeness (QED) is 0.430. The van der Waals surface area contributed by atoms with Crippen molar-refractivity contribution in [3.05, 3.63) is 72.4 Å². The maximum Gasteiger partial charge on any atom is 0.145 e. The minimum atomic E-state index is 0.628. The van der Waals surface area contributed by atoms with Gasteiger partial charge in [-0.25, -0.2) is 4.98 Å². The Balaban J connectivity index is 0.000000318. The van der Waals surface area contributed by atoms with E-state index in [-0.39, 0.29) is 0 Å². The van der Waals surface area contributed by atoms with E-state index in [1.807, 2.05) is 53.9 Å². The van der Waals surface area contributed by atoms with Crippen LogP contribution in [0.5, 0.6) is 5.75 Å². The molecule has 5 rings (SSSR count). The van der Waals surface area contributed by atoms with Gasteiger partial charge in [-0.05, 0) is 75.8 Å². The lowest BCUT2D eigenvalue weighted by Gasteiger charge is -2.20. The van der Waals surface area contributed by atoms with E-state index in [1.54, 1.807) is 19.6 Å². The molecule has 0 aliphatic carbocycles. The number of imidazole rings is 1. The normalized spacial score (nSPS) is 13.8. The van der Waals surface area contributed by atoms with Gasteiger partial charge >= 0.3 is 0 Å². The number of methoxy groups -OCH3 is 1. The van der Waals surface area contributed by atoms with Crippen LogP contribution in [0.1, 0.15) is 30.5 Å². The summed E-state index contributed by atoms with van der Waals surface area (Å²) in [7, 11) is 3.84. The van der Waals surface area contributed by atoms with E-state index in [1.165, 1.54) is 32.4 Å². The van der Waals surface area contributed by atoms with Crippen molar-refractivity contribution in [3.8, 4) is 34.2 Å². The fraction of sp³-hybridized carbons (Fsp3) is 0.296. The molecule has 0 atom stereocenters. The molecule has 1 aliphatic heterocycles. The van der Waals surface area contributed by atoms with Crippen LogP contribution in [0.25, 0.3) is 27.9 Å². The first-order valence-electron chi connectivity index (χ1n) is 11.3. The first-order valence-corrected chi connectivity index (χ1v) is 11.3. The molecule has 4 heterocycles. The van der Waals surface area contributed by atoms with Crippen LogP contribution in [0.2, 0.25) is 0 Å². The maximum atomic E-state index is 9.06.